The Kier molecular flexibility index (Phi) is 4.18. The molecular weight excluding hydrogens is 166 g/mol. The van der Waals surface area contributed by atoms with Gasteiger partial charge in [0.15, 0.2) is 0 Å². The summed E-state index contributed by atoms with van der Waals surface area (Å²) in [5, 5.41) is 6.01. The zero-order valence-electron chi connectivity index (χ0n) is 8.47. The standard InChI is InChI=1S/C9H19N3O/c1-8-7-12(6-4-11-8)5-3-9(13)10-2/h8,11H,3-7H2,1-2H3,(H,10,13). The van der Waals surface area contributed by atoms with Gasteiger partial charge in [-0.3, -0.25) is 4.79 Å². The highest BCUT2D eigenvalue weighted by molar-refractivity contribution is 5.75. The van der Waals surface area contributed by atoms with Crippen molar-refractivity contribution in [2.24, 2.45) is 0 Å². The first-order chi connectivity index (χ1) is 6.22. The van der Waals surface area contributed by atoms with Crippen molar-refractivity contribution in [1.82, 2.24) is 15.5 Å². The number of nitrogens with one attached hydrogen (secondary N) is 2. The number of hydrogen-bond donors (Lipinski definition) is 2. The molecule has 0 spiro atoms. The lowest BCUT2D eigenvalue weighted by atomic mass is 10.2. The predicted molar refractivity (Wildman–Crippen MR) is 52.6 cm³/mol. The minimum Gasteiger partial charge on any atom is -0.359 e. The summed E-state index contributed by atoms with van der Waals surface area (Å²) in [7, 11) is 1.68. The van der Waals surface area contributed by atoms with Gasteiger partial charge in [0.05, 0.1) is 0 Å². The van der Waals surface area contributed by atoms with E-state index in [1.54, 1.807) is 7.05 Å². The Bertz CT molecular complexity index is 172. The van der Waals surface area contributed by atoms with E-state index in [1.165, 1.54) is 0 Å². The van der Waals surface area contributed by atoms with Crippen molar-refractivity contribution in [3.8, 4) is 0 Å². The fourth-order valence-corrected chi connectivity index (χ4v) is 1.60. The number of carbonyl (C=O) groups excluding carboxylic acids is 1. The van der Waals surface area contributed by atoms with Gasteiger partial charge < -0.3 is 15.5 Å². The molecule has 1 heterocycles. The highest BCUT2D eigenvalue weighted by Gasteiger charge is 2.15. The number of piperazine rings is 1. The van der Waals surface area contributed by atoms with Gasteiger partial charge in [0, 0.05) is 45.7 Å². The average molecular weight is 185 g/mol. The van der Waals surface area contributed by atoms with Gasteiger partial charge in [-0.1, -0.05) is 0 Å². The first kappa shape index (κ1) is 10.5. The molecule has 0 saturated carbocycles. The van der Waals surface area contributed by atoms with E-state index in [0.29, 0.717) is 12.5 Å². The Hall–Kier alpha value is -0.610. The first-order valence-electron chi connectivity index (χ1n) is 4.88. The molecule has 0 aromatic rings. The predicted octanol–water partition coefficient (Wildman–Crippen LogP) is -0.584. The van der Waals surface area contributed by atoms with Crippen LogP contribution in [0.2, 0.25) is 0 Å². The van der Waals surface area contributed by atoms with E-state index in [4.69, 9.17) is 0 Å². The normalized spacial score (nSPS) is 24.3. The Labute approximate surface area is 79.7 Å². The van der Waals surface area contributed by atoms with Crippen LogP contribution in [0.4, 0.5) is 0 Å². The average Bonchev–Trinajstić information content (AvgIpc) is 2.14. The van der Waals surface area contributed by atoms with E-state index < -0.39 is 0 Å². The SMILES string of the molecule is CNC(=O)CCN1CCNC(C)C1. The van der Waals surface area contributed by atoms with Crippen LogP contribution in [0.15, 0.2) is 0 Å². The second kappa shape index (κ2) is 5.19. The van der Waals surface area contributed by atoms with Gasteiger partial charge in [0.2, 0.25) is 5.91 Å². The third-order valence-corrected chi connectivity index (χ3v) is 2.39. The molecule has 1 atom stereocenters. The summed E-state index contributed by atoms with van der Waals surface area (Å²) in [5.41, 5.74) is 0. The molecule has 1 amide bonds. The van der Waals surface area contributed by atoms with Crippen molar-refractivity contribution in [2.45, 2.75) is 19.4 Å². The summed E-state index contributed by atoms with van der Waals surface area (Å²) in [4.78, 5) is 13.3. The smallest absolute Gasteiger partial charge is 0.221 e. The minimum absolute atomic E-state index is 0.131. The van der Waals surface area contributed by atoms with E-state index in [2.05, 4.69) is 22.5 Å². The van der Waals surface area contributed by atoms with Gasteiger partial charge in [-0.25, -0.2) is 0 Å². The van der Waals surface area contributed by atoms with Crippen LogP contribution in [0.25, 0.3) is 0 Å². The van der Waals surface area contributed by atoms with E-state index >= 15 is 0 Å². The fraction of sp³-hybridized carbons (Fsp3) is 0.889. The van der Waals surface area contributed by atoms with Crippen LogP contribution in [0.5, 0.6) is 0 Å². The van der Waals surface area contributed by atoms with Crippen molar-refractivity contribution >= 4 is 5.91 Å². The Morgan fingerprint density at radius 1 is 1.69 bits per heavy atom. The highest BCUT2D eigenvalue weighted by Crippen LogP contribution is 1.99. The second-order valence-electron chi connectivity index (χ2n) is 3.58. The summed E-state index contributed by atoms with van der Waals surface area (Å²) in [5.74, 6) is 0.131. The van der Waals surface area contributed by atoms with Crippen molar-refractivity contribution in [3.63, 3.8) is 0 Å². The molecule has 1 unspecified atom stereocenters. The van der Waals surface area contributed by atoms with Gasteiger partial charge >= 0.3 is 0 Å². The molecule has 0 radical (unpaired) electrons. The zero-order valence-corrected chi connectivity index (χ0v) is 8.47. The molecule has 1 fully saturated rings. The molecule has 2 N–H and O–H groups in total. The fourth-order valence-electron chi connectivity index (χ4n) is 1.60. The molecule has 4 nitrogen and oxygen atoms in total. The van der Waals surface area contributed by atoms with Crippen LogP contribution in [0.3, 0.4) is 0 Å². The summed E-state index contributed by atoms with van der Waals surface area (Å²) in [6, 6.07) is 0.554. The number of carbonyl (C=O) groups is 1. The van der Waals surface area contributed by atoms with Crippen molar-refractivity contribution < 1.29 is 4.79 Å². The number of hydrogen-bond acceptors (Lipinski definition) is 3. The maximum Gasteiger partial charge on any atom is 0.221 e. The van der Waals surface area contributed by atoms with Gasteiger partial charge in [0.1, 0.15) is 0 Å². The van der Waals surface area contributed by atoms with E-state index in [-0.39, 0.29) is 5.91 Å². The van der Waals surface area contributed by atoms with Gasteiger partial charge in [-0.05, 0) is 6.92 Å². The summed E-state index contributed by atoms with van der Waals surface area (Å²) in [6.45, 7) is 6.20. The third-order valence-electron chi connectivity index (χ3n) is 2.39. The molecule has 0 bridgehead atoms. The minimum atomic E-state index is 0.131. The molecule has 1 rings (SSSR count). The Morgan fingerprint density at radius 3 is 3.08 bits per heavy atom. The Balaban J connectivity index is 2.17. The second-order valence-corrected chi connectivity index (χ2v) is 3.58. The maximum absolute atomic E-state index is 11.0. The van der Waals surface area contributed by atoms with Gasteiger partial charge in [-0.15, -0.1) is 0 Å². The topological polar surface area (TPSA) is 44.4 Å². The number of nitrogens with zero attached hydrogens (tertiary/aromatic N) is 1. The van der Waals surface area contributed by atoms with Gasteiger partial charge in [0.25, 0.3) is 0 Å². The number of amides is 1. The van der Waals surface area contributed by atoms with Crippen molar-refractivity contribution in [1.29, 1.82) is 0 Å². The zero-order chi connectivity index (χ0) is 9.68. The molecule has 0 aromatic heterocycles. The Morgan fingerprint density at radius 2 is 2.46 bits per heavy atom. The quantitative estimate of drug-likeness (QED) is 0.618. The number of rotatable bonds is 3. The third kappa shape index (κ3) is 3.74. The lowest BCUT2D eigenvalue weighted by Crippen LogP contribution is -2.49. The maximum atomic E-state index is 11.0. The van der Waals surface area contributed by atoms with Crippen LogP contribution in [-0.4, -0.2) is 50.1 Å². The summed E-state index contributed by atoms with van der Waals surface area (Å²) in [6.07, 6.45) is 0.614. The lowest BCUT2D eigenvalue weighted by molar-refractivity contribution is -0.121. The van der Waals surface area contributed by atoms with E-state index in [1.807, 2.05) is 0 Å². The van der Waals surface area contributed by atoms with Crippen molar-refractivity contribution in [3.05, 3.63) is 0 Å². The molecule has 13 heavy (non-hydrogen) atoms. The van der Waals surface area contributed by atoms with Crippen LogP contribution < -0.4 is 10.6 Å². The van der Waals surface area contributed by atoms with Crippen LogP contribution in [0, 0.1) is 0 Å². The monoisotopic (exact) mass is 185 g/mol. The van der Waals surface area contributed by atoms with Gasteiger partial charge in [-0.2, -0.15) is 0 Å². The molecular formula is C9H19N3O. The van der Waals surface area contributed by atoms with E-state index in [0.717, 1.165) is 26.2 Å². The molecule has 1 saturated heterocycles. The van der Waals surface area contributed by atoms with E-state index in [9.17, 15) is 4.79 Å². The molecule has 0 aromatic carbocycles. The van der Waals surface area contributed by atoms with Crippen molar-refractivity contribution in [2.75, 3.05) is 33.2 Å². The molecule has 1 aliphatic heterocycles. The molecule has 76 valence electrons. The molecule has 4 heteroatoms. The summed E-state index contributed by atoms with van der Waals surface area (Å²) < 4.78 is 0. The largest absolute Gasteiger partial charge is 0.359 e. The van der Waals surface area contributed by atoms with Crippen LogP contribution in [-0.2, 0) is 4.79 Å². The van der Waals surface area contributed by atoms with Crippen LogP contribution >= 0.6 is 0 Å². The molecule has 0 aliphatic carbocycles. The molecule has 1 aliphatic rings. The summed E-state index contributed by atoms with van der Waals surface area (Å²) >= 11 is 0. The van der Waals surface area contributed by atoms with Crippen LogP contribution in [0.1, 0.15) is 13.3 Å². The lowest BCUT2D eigenvalue weighted by Gasteiger charge is -2.31. The highest BCUT2D eigenvalue weighted by atomic mass is 16.1. The first-order valence-corrected chi connectivity index (χ1v) is 4.88.